The van der Waals surface area contributed by atoms with Crippen molar-refractivity contribution >= 4 is 24.7 Å². The molecule has 0 bridgehead atoms. The summed E-state index contributed by atoms with van der Waals surface area (Å²) < 4.78 is 14.2. The highest BCUT2D eigenvalue weighted by atomic mass is 31.2. The van der Waals surface area contributed by atoms with E-state index in [0.29, 0.717) is 10.4 Å². The lowest BCUT2D eigenvalue weighted by molar-refractivity contribution is -0.894. The van der Waals surface area contributed by atoms with Crippen molar-refractivity contribution in [1.82, 2.24) is 14.5 Å². The molecule has 12 heteroatoms. The van der Waals surface area contributed by atoms with E-state index in [1.54, 1.807) is 0 Å². The second kappa shape index (κ2) is 7.22. The molecule has 0 radical (unpaired) electrons. The van der Waals surface area contributed by atoms with Crippen LogP contribution in [0.25, 0.3) is 11.2 Å². The second-order valence-corrected chi connectivity index (χ2v) is 11.8. The van der Waals surface area contributed by atoms with Gasteiger partial charge in [-0.2, -0.15) is 0 Å². The van der Waals surface area contributed by atoms with Crippen LogP contribution in [0.15, 0.2) is 12.7 Å². The molecule has 4 unspecified atom stereocenters. The number of fused-ring (bicyclic) bond motifs is 1. The van der Waals surface area contributed by atoms with Crippen LogP contribution in [0, 0.1) is 0 Å². The molecule has 2 aromatic heterocycles. The molecule has 166 valence electrons. The molecular formula is C18H30N5O6P+2. The maximum atomic E-state index is 10.8. The molecule has 7 atom stereocenters. The molecule has 30 heavy (non-hydrogen) atoms. The maximum absolute atomic E-state index is 10.8. The Kier molecular flexibility index (Phi) is 5.20. The fourth-order valence-electron chi connectivity index (χ4n) is 4.46. The third-order valence-corrected chi connectivity index (χ3v) is 9.92. The van der Waals surface area contributed by atoms with Gasteiger partial charge in [-0.1, -0.05) is 16.6 Å². The molecule has 2 aliphatic heterocycles. The largest absolute Gasteiger partial charge is 0.388 e. The van der Waals surface area contributed by atoms with Gasteiger partial charge in [0.15, 0.2) is 17.5 Å². The Morgan fingerprint density at radius 1 is 1.33 bits per heavy atom. The van der Waals surface area contributed by atoms with Crippen LogP contribution in [-0.2, 0) is 9.26 Å². The third kappa shape index (κ3) is 3.34. The van der Waals surface area contributed by atoms with Crippen molar-refractivity contribution in [2.45, 2.75) is 82.0 Å². The number of hydrogen-bond donors (Lipinski definition) is 5. The van der Waals surface area contributed by atoms with Gasteiger partial charge in [0.1, 0.15) is 24.1 Å². The molecule has 0 spiro atoms. The van der Waals surface area contributed by atoms with E-state index in [-0.39, 0.29) is 29.1 Å². The number of rotatable bonds is 6. The number of hydrogen-bond acceptors (Lipinski definition) is 9. The van der Waals surface area contributed by atoms with Crippen LogP contribution in [0.3, 0.4) is 0 Å². The minimum absolute atomic E-state index is 0.000823. The summed E-state index contributed by atoms with van der Waals surface area (Å²) in [6.45, 7) is 7.74. The molecule has 2 aromatic rings. The lowest BCUT2D eigenvalue weighted by Gasteiger charge is -2.27. The summed E-state index contributed by atoms with van der Waals surface area (Å²) in [5.41, 5.74) is 5.96. The molecule has 4 rings (SSSR count). The van der Waals surface area contributed by atoms with Gasteiger partial charge in [0.2, 0.25) is 11.2 Å². The van der Waals surface area contributed by atoms with Crippen LogP contribution in [0.2, 0.25) is 0 Å². The number of anilines is 1. The predicted molar refractivity (Wildman–Crippen MR) is 108 cm³/mol. The summed E-state index contributed by atoms with van der Waals surface area (Å²) in [6, 6.07) is 0. The Bertz CT molecular complexity index is 957. The molecule has 4 heterocycles. The van der Waals surface area contributed by atoms with Crippen LogP contribution in [0.4, 0.5) is 5.82 Å². The molecule has 0 amide bonds. The quantitative estimate of drug-likeness (QED) is 0.241. The van der Waals surface area contributed by atoms with Crippen LogP contribution in [-0.4, -0.2) is 70.1 Å². The molecule has 0 aliphatic carbocycles. The monoisotopic (exact) mass is 443 g/mol. The van der Waals surface area contributed by atoms with Gasteiger partial charge < -0.3 is 25.9 Å². The van der Waals surface area contributed by atoms with E-state index in [0.717, 1.165) is 12.7 Å². The third-order valence-electron chi connectivity index (χ3n) is 6.19. The van der Waals surface area contributed by atoms with E-state index in [9.17, 15) is 20.3 Å². The van der Waals surface area contributed by atoms with Crippen LogP contribution < -0.4 is 10.5 Å². The summed E-state index contributed by atoms with van der Waals surface area (Å²) in [7, 11) is -2.45. The van der Waals surface area contributed by atoms with Crippen molar-refractivity contribution in [3.8, 4) is 0 Å². The predicted octanol–water partition coefficient (Wildman–Crippen LogP) is 0.363. The molecule has 6 N–H and O–H groups in total. The van der Waals surface area contributed by atoms with Crippen molar-refractivity contribution in [2.75, 3.05) is 5.73 Å². The molecule has 2 aliphatic rings. The first-order valence-corrected chi connectivity index (χ1v) is 11.9. The van der Waals surface area contributed by atoms with Gasteiger partial charge in [-0.25, -0.2) is 14.4 Å². The van der Waals surface area contributed by atoms with Gasteiger partial charge in [-0.15, -0.1) is 0 Å². The Morgan fingerprint density at radius 2 is 2.03 bits per heavy atom. The van der Waals surface area contributed by atoms with Crippen LogP contribution in [0.1, 0.15) is 46.8 Å². The first-order valence-electron chi connectivity index (χ1n) is 10.1. The zero-order chi connectivity index (χ0) is 22.0. The maximum Gasteiger partial charge on any atom is 0.289 e. The first-order chi connectivity index (χ1) is 14.0. The van der Waals surface area contributed by atoms with Crippen molar-refractivity contribution in [1.29, 1.82) is 0 Å². The number of nitrogens with two attached hydrogens (primary N) is 1. The van der Waals surface area contributed by atoms with Gasteiger partial charge in [0, 0.05) is 6.42 Å². The van der Waals surface area contributed by atoms with Gasteiger partial charge in [-0.05, 0) is 27.2 Å². The number of aromatic nitrogens is 4. The normalized spacial score (nSPS) is 36.5. The highest BCUT2D eigenvalue weighted by Crippen LogP contribution is 2.84. The van der Waals surface area contributed by atoms with Gasteiger partial charge in [0.05, 0.1) is 6.10 Å². The van der Waals surface area contributed by atoms with Crippen LogP contribution in [0.5, 0.6) is 0 Å². The topological polar surface area (TPSA) is 160 Å². The van der Waals surface area contributed by atoms with Gasteiger partial charge in [-0.3, -0.25) is 4.57 Å². The highest BCUT2D eigenvalue weighted by molar-refractivity contribution is 7.74. The summed E-state index contributed by atoms with van der Waals surface area (Å²) in [4.78, 5) is 19.1. The molecule has 0 saturated carbocycles. The summed E-state index contributed by atoms with van der Waals surface area (Å²) in [5, 5.41) is 30.9. The van der Waals surface area contributed by atoms with E-state index in [1.165, 1.54) is 10.9 Å². The zero-order valence-corrected chi connectivity index (χ0v) is 18.3. The number of nitrogen functional groups attached to an aromatic ring is 1. The summed E-state index contributed by atoms with van der Waals surface area (Å²) >= 11 is 0. The van der Waals surface area contributed by atoms with Gasteiger partial charge >= 0.3 is 0 Å². The van der Waals surface area contributed by atoms with Crippen molar-refractivity contribution in [3.05, 3.63) is 12.7 Å². The smallest absolute Gasteiger partial charge is 0.289 e. The second-order valence-electron chi connectivity index (χ2n) is 8.79. The Balaban J connectivity index is 1.52. The molecule has 0 aromatic carbocycles. The number of ether oxygens (including phenoxy) is 1. The summed E-state index contributed by atoms with van der Waals surface area (Å²) in [6.07, 6.45) is -0.386. The molecule has 2 saturated heterocycles. The average molecular weight is 443 g/mol. The summed E-state index contributed by atoms with van der Waals surface area (Å²) in [5.74, 6) is -0.000823. The Hall–Kier alpha value is -1.62. The lowest BCUT2D eigenvalue weighted by Crippen LogP contribution is -2.37. The van der Waals surface area contributed by atoms with E-state index in [1.807, 2.05) is 27.7 Å². The molecule has 11 nitrogen and oxygen atoms in total. The first kappa shape index (κ1) is 21.6. The number of nitrogens with zero attached hydrogens (tertiary/aromatic N) is 4. The van der Waals surface area contributed by atoms with E-state index < -0.39 is 37.9 Å². The zero-order valence-electron chi connectivity index (χ0n) is 17.5. The van der Waals surface area contributed by atoms with Gasteiger partial charge in [0.25, 0.3) is 19.9 Å². The molecular weight excluding hydrogens is 413 g/mol. The average Bonchev–Trinajstić information content (AvgIpc) is 2.98. The van der Waals surface area contributed by atoms with E-state index in [4.69, 9.17) is 15.0 Å². The fourth-order valence-corrected chi connectivity index (χ4v) is 7.75. The number of aliphatic hydroxyl groups excluding tert-OH is 2. The number of imidazole rings is 1. The lowest BCUT2D eigenvalue weighted by atomic mass is 9.97. The highest BCUT2D eigenvalue weighted by Gasteiger charge is 2.75. The minimum Gasteiger partial charge on any atom is -0.388 e. The Labute approximate surface area is 174 Å². The standard InChI is InChI=1S/C18H29N5O6P/c1-5-11-9(2)30(11,27)29-18(3,4)6-10-13(24)14(25)17(28-10)22-7-20-12-15(19)23(26)8-21-16(12)22/h7-11,13-14,17,19,24-27H,5-6H2,1-4H3/q+1/p+1/t9?,10-,11?,13-,14-,17?,30?/m1/s1. The number of aliphatic hydroxyl groups is 2. The minimum atomic E-state index is -2.45. The van der Waals surface area contributed by atoms with E-state index in [2.05, 4.69) is 9.97 Å². The van der Waals surface area contributed by atoms with Crippen molar-refractivity contribution < 1.29 is 34.3 Å². The molecule has 2 fully saturated rings. The van der Waals surface area contributed by atoms with Crippen molar-refractivity contribution in [2.24, 2.45) is 0 Å². The van der Waals surface area contributed by atoms with Crippen LogP contribution >= 0.6 is 7.72 Å². The fraction of sp³-hybridized carbons (Fsp3) is 0.722. The van der Waals surface area contributed by atoms with Crippen molar-refractivity contribution in [3.63, 3.8) is 0 Å². The van der Waals surface area contributed by atoms with E-state index >= 15 is 0 Å². The Morgan fingerprint density at radius 3 is 2.67 bits per heavy atom. The SMILES string of the molecule is CCC1C(C)[P+]1(O)OC(C)(C)C[C@H]1OC(n2cnc3c(N)[n+](O)cnc32)[C@H](O)[C@@H]1O.